The van der Waals surface area contributed by atoms with Crippen molar-refractivity contribution in [3.63, 3.8) is 0 Å². The molecular weight excluding hydrogens is 232 g/mol. The first-order valence-corrected chi connectivity index (χ1v) is 6.79. The van der Waals surface area contributed by atoms with Crippen molar-refractivity contribution in [3.05, 3.63) is 0 Å². The van der Waals surface area contributed by atoms with E-state index < -0.39 is 0 Å². The molecule has 102 valence electrons. The normalized spacial score (nSPS) is 34.9. The van der Waals surface area contributed by atoms with E-state index in [1.807, 2.05) is 6.92 Å². The zero-order valence-corrected chi connectivity index (χ0v) is 10.9. The lowest BCUT2D eigenvalue weighted by molar-refractivity contribution is -0.135. The smallest absolute Gasteiger partial charge is 0.224 e. The highest BCUT2D eigenvalue weighted by atomic mass is 16.6. The molecule has 1 aliphatic heterocycles. The molecule has 18 heavy (non-hydrogen) atoms. The highest BCUT2D eigenvalue weighted by molar-refractivity contribution is 5.87. The number of ether oxygens (including phenoxy) is 1. The quantitative estimate of drug-likeness (QED) is 0.703. The number of primary amides is 1. The van der Waals surface area contributed by atoms with E-state index >= 15 is 0 Å². The number of carbonyl (C=O) groups is 2. The van der Waals surface area contributed by atoms with Crippen LogP contribution in [0.15, 0.2) is 0 Å². The van der Waals surface area contributed by atoms with E-state index in [0.29, 0.717) is 13.2 Å². The summed E-state index contributed by atoms with van der Waals surface area (Å²) >= 11 is 0. The topological polar surface area (TPSA) is 84.7 Å². The summed E-state index contributed by atoms with van der Waals surface area (Å²) in [6, 6.07) is 0. The molecule has 3 atom stereocenters. The lowest BCUT2D eigenvalue weighted by Crippen LogP contribution is -2.44. The highest BCUT2D eigenvalue weighted by Gasteiger charge is 2.44. The average Bonchev–Trinajstić information content (AvgIpc) is 3.16. The molecule has 1 saturated heterocycles. The van der Waals surface area contributed by atoms with Crippen molar-refractivity contribution < 1.29 is 14.3 Å². The molecule has 2 rings (SSSR count). The van der Waals surface area contributed by atoms with Gasteiger partial charge in [0.2, 0.25) is 11.8 Å². The van der Waals surface area contributed by atoms with Gasteiger partial charge in [0.05, 0.1) is 6.61 Å². The summed E-state index contributed by atoms with van der Waals surface area (Å²) in [4.78, 5) is 23.5. The Morgan fingerprint density at radius 2 is 1.94 bits per heavy atom. The van der Waals surface area contributed by atoms with E-state index in [1.165, 1.54) is 0 Å². The summed E-state index contributed by atoms with van der Waals surface area (Å²) in [5.41, 5.74) is 5.23. The number of rotatable bonds is 5. The summed E-state index contributed by atoms with van der Waals surface area (Å²) in [7, 11) is 0. The van der Waals surface area contributed by atoms with Gasteiger partial charge < -0.3 is 15.8 Å². The summed E-state index contributed by atoms with van der Waals surface area (Å²) in [5.74, 6) is -0.926. The maximum Gasteiger partial charge on any atom is 0.224 e. The molecule has 1 aliphatic carbocycles. The van der Waals surface area contributed by atoms with E-state index in [-0.39, 0.29) is 29.3 Å². The van der Waals surface area contributed by atoms with E-state index in [4.69, 9.17) is 10.5 Å². The van der Waals surface area contributed by atoms with Crippen LogP contribution >= 0.6 is 0 Å². The third-order valence-electron chi connectivity index (χ3n) is 4.25. The number of nitrogens with one attached hydrogen (secondary N) is 1. The van der Waals surface area contributed by atoms with Crippen molar-refractivity contribution in [2.24, 2.45) is 17.6 Å². The molecule has 2 aliphatic rings. The van der Waals surface area contributed by atoms with Gasteiger partial charge in [-0.1, -0.05) is 19.8 Å². The number of carbonyl (C=O) groups excluding carboxylic acids is 2. The first kappa shape index (κ1) is 13.3. The van der Waals surface area contributed by atoms with Crippen LogP contribution in [0.1, 0.15) is 39.0 Å². The molecule has 0 aromatic carbocycles. The van der Waals surface area contributed by atoms with Gasteiger partial charge in [0.15, 0.2) is 0 Å². The number of hydrogen-bond acceptors (Lipinski definition) is 3. The van der Waals surface area contributed by atoms with E-state index in [1.54, 1.807) is 0 Å². The van der Waals surface area contributed by atoms with Gasteiger partial charge >= 0.3 is 0 Å². The van der Waals surface area contributed by atoms with Gasteiger partial charge in [0.25, 0.3) is 0 Å². The van der Waals surface area contributed by atoms with Crippen LogP contribution in [0.3, 0.4) is 0 Å². The summed E-state index contributed by atoms with van der Waals surface area (Å²) < 4.78 is 5.35. The maximum absolute atomic E-state index is 12.1. The van der Waals surface area contributed by atoms with Crippen LogP contribution in [0, 0.1) is 11.8 Å². The Labute approximate surface area is 107 Å². The fraction of sp³-hybridized carbons (Fsp3) is 0.846. The van der Waals surface area contributed by atoms with Gasteiger partial charge in [0.1, 0.15) is 5.60 Å². The minimum Gasteiger partial charge on any atom is -0.369 e. The largest absolute Gasteiger partial charge is 0.369 e. The fourth-order valence-electron chi connectivity index (χ4n) is 2.70. The Balaban J connectivity index is 1.88. The van der Waals surface area contributed by atoms with Crippen LogP contribution in [0.2, 0.25) is 0 Å². The Hall–Kier alpha value is -1.10. The zero-order valence-electron chi connectivity index (χ0n) is 10.9. The van der Waals surface area contributed by atoms with E-state index in [0.717, 1.165) is 32.1 Å². The minimum absolute atomic E-state index is 0.0400. The molecule has 1 saturated carbocycles. The Morgan fingerprint density at radius 3 is 2.44 bits per heavy atom. The second-order valence-electron chi connectivity index (χ2n) is 5.44. The average molecular weight is 254 g/mol. The van der Waals surface area contributed by atoms with Crippen LogP contribution in [-0.4, -0.2) is 30.6 Å². The number of nitrogens with two attached hydrogens (primary N) is 1. The van der Waals surface area contributed by atoms with Crippen molar-refractivity contribution in [2.45, 2.75) is 44.6 Å². The lowest BCUT2D eigenvalue weighted by Gasteiger charge is -2.28. The van der Waals surface area contributed by atoms with Crippen LogP contribution in [0.5, 0.6) is 0 Å². The van der Waals surface area contributed by atoms with Crippen molar-refractivity contribution in [2.75, 3.05) is 13.2 Å². The zero-order chi connectivity index (χ0) is 13.2. The van der Waals surface area contributed by atoms with Crippen molar-refractivity contribution >= 4 is 11.8 Å². The minimum atomic E-state index is -0.345. The predicted molar refractivity (Wildman–Crippen MR) is 66.6 cm³/mol. The predicted octanol–water partition coefficient (Wildman–Crippen LogP) is 0.573. The van der Waals surface area contributed by atoms with E-state index in [2.05, 4.69) is 5.32 Å². The second-order valence-corrected chi connectivity index (χ2v) is 5.44. The van der Waals surface area contributed by atoms with Crippen LogP contribution in [-0.2, 0) is 14.3 Å². The molecule has 3 unspecified atom stereocenters. The lowest BCUT2D eigenvalue weighted by atomic mass is 9.78. The summed E-state index contributed by atoms with van der Waals surface area (Å²) in [6.07, 6.45) is 4.39. The molecule has 0 spiro atoms. The van der Waals surface area contributed by atoms with Gasteiger partial charge in [0, 0.05) is 18.4 Å². The molecule has 0 radical (unpaired) electrons. The van der Waals surface area contributed by atoms with Crippen molar-refractivity contribution in [1.29, 1.82) is 0 Å². The van der Waals surface area contributed by atoms with Crippen LogP contribution in [0.4, 0.5) is 0 Å². The molecular formula is C13H22N2O3. The molecule has 1 heterocycles. The Morgan fingerprint density at radius 1 is 1.33 bits per heavy atom. The SMILES string of the molecule is CCC1(CNC(=O)C2CCCCC2C(N)=O)CO1. The molecule has 0 aromatic heterocycles. The van der Waals surface area contributed by atoms with Gasteiger partial charge in [-0.25, -0.2) is 0 Å². The molecule has 3 N–H and O–H groups in total. The molecule has 5 nitrogen and oxygen atoms in total. The molecule has 5 heteroatoms. The molecule has 2 fully saturated rings. The maximum atomic E-state index is 12.1. The third kappa shape index (κ3) is 2.83. The van der Waals surface area contributed by atoms with Gasteiger partial charge in [-0.15, -0.1) is 0 Å². The monoisotopic (exact) mass is 254 g/mol. The Bertz CT molecular complexity index is 339. The number of hydrogen-bond donors (Lipinski definition) is 2. The standard InChI is InChI=1S/C13H22N2O3/c1-2-13(8-18-13)7-15-12(17)10-6-4-3-5-9(10)11(14)16/h9-10H,2-8H2,1H3,(H2,14,16)(H,15,17). The summed E-state index contributed by atoms with van der Waals surface area (Å²) in [5, 5.41) is 2.92. The highest BCUT2D eigenvalue weighted by Crippen LogP contribution is 2.32. The molecule has 0 aromatic rings. The Kier molecular flexibility index (Phi) is 3.90. The third-order valence-corrected chi connectivity index (χ3v) is 4.25. The molecule has 0 bridgehead atoms. The van der Waals surface area contributed by atoms with Crippen LogP contribution < -0.4 is 11.1 Å². The molecule has 2 amide bonds. The van der Waals surface area contributed by atoms with Crippen molar-refractivity contribution in [3.8, 4) is 0 Å². The first-order chi connectivity index (χ1) is 8.58. The number of amides is 2. The fourth-order valence-corrected chi connectivity index (χ4v) is 2.70. The summed E-state index contributed by atoms with van der Waals surface area (Å²) in [6.45, 7) is 3.31. The first-order valence-electron chi connectivity index (χ1n) is 6.79. The van der Waals surface area contributed by atoms with Gasteiger partial charge in [-0.2, -0.15) is 0 Å². The van der Waals surface area contributed by atoms with E-state index in [9.17, 15) is 9.59 Å². The van der Waals surface area contributed by atoms with Gasteiger partial charge in [-0.3, -0.25) is 9.59 Å². The second kappa shape index (κ2) is 5.26. The van der Waals surface area contributed by atoms with Crippen LogP contribution in [0.25, 0.3) is 0 Å². The van der Waals surface area contributed by atoms with Gasteiger partial charge in [-0.05, 0) is 19.3 Å². The number of epoxide rings is 1. The van der Waals surface area contributed by atoms with Crippen molar-refractivity contribution in [1.82, 2.24) is 5.32 Å².